The van der Waals surface area contributed by atoms with E-state index in [1.807, 2.05) is 6.92 Å². The van der Waals surface area contributed by atoms with Crippen LogP contribution < -0.4 is 5.73 Å². The average Bonchev–Trinajstić information content (AvgIpc) is 2.64. The predicted octanol–water partition coefficient (Wildman–Crippen LogP) is 0.908. The summed E-state index contributed by atoms with van der Waals surface area (Å²) in [7, 11) is 0. The van der Waals surface area contributed by atoms with Gasteiger partial charge in [-0.2, -0.15) is 0 Å². The summed E-state index contributed by atoms with van der Waals surface area (Å²) in [6.45, 7) is 2.25. The van der Waals surface area contributed by atoms with E-state index in [4.69, 9.17) is 5.73 Å². The minimum absolute atomic E-state index is 0.384. The maximum Gasteiger partial charge on any atom is 0.0775 e. The van der Waals surface area contributed by atoms with E-state index in [1.54, 1.807) is 0 Å². The summed E-state index contributed by atoms with van der Waals surface area (Å²) in [5.74, 6) is 1.71. The van der Waals surface area contributed by atoms with Crippen LogP contribution in [0.2, 0.25) is 0 Å². The molecule has 1 saturated carbocycles. The molecule has 3 N–H and O–H groups in total. The third-order valence-electron chi connectivity index (χ3n) is 3.49. The van der Waals surface area contributed by atoms with Gasteiger partial charge < -0.3 is 10.8 Å². The molecule has 2 rings (SSSR count). The van der Waals surface area contributed by atoms with Gasteiger partial charge in [-0.1, -0.05) is 12.2 Å². The molecule has 2 bridgehead atoms. The van der Waals surface area contributed by atoms with Gasteiger partial charge in [0.1, 0.15) is 0 Å². The van der Waals surface area contributed by atoms with Crippen molar-refractivity contribution in [1.82, 2.24) is 0 Å². The molecule has 4 unspecified atom stereocenters. The Morgan fingerprint density at radius 3 is 2.67 bits per heavy atom. The van der Waals surface area contributed by atoms with Crippen molar-refractivity contribution in [3.8, 4) is 0 Å². The van der Waals surface area contributed by atoms with E-state index in [-0.39, 0.29) is 0 Å². The smallest absolute Gasteiger partial charge is 0.0775 e. The normalized spacial score (nSPS) is 43.4. The molecule has 12 heavy (non-hydrogen) atoms. The van der Waals surface area contributed by atoms with Crippen LogP contribution in [0.25, 0.3) is 0 Å². The molecule has 0 aromatic heterocycles. The SMILES string of the molecule is CC(O)(CN)C1CC2C=CC1C2. The van der Waals surface area contributed by atoms with Crippen LogP contribution in [-0.4, -0.2) is 17.3 Å². The van der Waals surface area contributed by atoms with Crippen LogP contribution in [0.15, 0.2) is 12.2 Å². The summed E-state index contributed by atoms with van der Waals surface area (Å²) < 4.78 is 0. The van der Waals surface area contributed by atoms with Crippen molar-refractivity contribution >= 4 is 0 Å². The number of fused-ring (bicyclic) bond motifs is 2. The molecular weight excluding hydrogens is 150 g/mol. The molecule has 1 fully saturated rings. The molecule has 0 heterocycles. The van der Waals surface area contributed by atoms with E-state index < -0.39 is 5.60 Å². The van der Waals surface area contributed by atoms with Gasteiger partial charge in [-0.25, -0.2) is 0 Å². The van der Waals surface area contributed by atoms with E-state index in [2.05, 4.69) is 12.2 Å². The van der Waals surface area contributed by atoms with Crippen molar-refractivity contribution in [3.05, 3.63) is 12.2 Å². The molecule has 2 aliphatic rings. The van der Waals surface area contributed by atoms with Crippen LogP contribution in [0.5, 0.6) is 0 Å². The Labute approximate surface area is 73.5 Å². The number of aliphatic hydroxyl groups is 1. The lowest BCUT2D eigenvalue weighted by Crippen LogP contribution is -2.43. The first kappa shape index (κ1) is 8.27. The molecule has 0 spiro atoms. The molecule has 0 saturated heterocycles. The lowest BCUT2D eigenvalue weighted by atomic mass is 9.80. The first-order valence-electron chi connectivity index (χ1n) is 4.74. The Bertz CT molecular complexity index is 210. The van der Waals surface area contributed by atoms with Gasteiger partial charge in [0.25, 0.3) is 0 Å². The van der Waals surface area contributed by atoms with Gasteiger partial charge in [-0.3, -0.25) is 0 Å². The maximum atomic E-state index is 9.99. The lowest BCUT2D eigenvalue weighted by Gasteiger charge is -2.33. The zero-order chi connectivity index (χ0) is 8.77. The molecule has 0 radical (unpaired) electrons. The summed E-state index contributed by atoms with van der Waals surface area (Å²) in [6, 6.07) is 0. The van der Waals surface area contributed by atoms with E-state index in [0.717, 1.165) is 12.3 Å². The second-order valence-corrected chi connectivity index (χ2v) is 4.45. The molecule has 2 nitrogen and oxygen atoms in total. The van der Waals surface area contributed by atoms with E-state index in [0.29, 0.717) is 18.4 Å². The van der Waals surface area contributed by atoms with Crippen molar-refractivity contribution < 1.29 is 5.11 Å². The molecule has 0 aliphatic heterocycles. The summed E-state index contributed by atoms with van der Waals surface area (Å²) in [6.07, 6.45) is 6.91. The highest BCUT2D eigenvalue weighted by molar-refractivity contribution is 5.13. The van der Waals surface area contributed by atoms with Gasteiger partial charge in [0, 0.05) is 6.54 Å². The number of hydrogen-bond donors (Lipinski definition) is 2. The third-order valence-corrected chi connectivity index (χ3v) is 3.49. The van der Waals surface area contributed by atoms with Gasteiger partial charge >= 0.3 is 0 Å². The van der Waals surface area contributed by atoms with Crippen LogP contribution >= 0.6 is 0 Å². The Morgan fingerprint density at radius 2 is 2.25 bits per heavy atom. The fraction of sp³-hybridized carbons (Fsp3) is 0.800. The van der Waals surface area contributed by atoms with Gasteiger partial charge in [0.15, 0.2) is 0 Å². The number of rotatable bonds is 2. The van der Waals surface area contributed by atoms with Crippen molar-refractivity contribution in [2.24, 2.45) is 23.5 Å². The monoisotopic (exact) mass is 167 g/mol. The van der Waals surface area contributed by atoms with Crippen LogP contribution in [0.3, 0.4) is 0 Å². The van der Waals surface area contributed by atoms with E-state index in [1.165, 1.54) is 6.42 Å². The fourth-order valence-electron chi connectivity index (χ4n) is 2.65. The summed E-state index contributed by atoms with van der Waals surface area (Å²) >= 11 is 0. The summed E-state index contributed by atoms with van der Waals surface area (Å²) in [4.78, 5) is 0. The topological polar surface area (TPSA) is 46.2 Å². The molecular formula is C10H17NO. The molecule has 2 heteroatoms. The van der Waals surface area contributed by atoms with E-state index >= 15 is 0 Å². The molecule has 2 aliphatic carbocycles. The highest BCUT2D eigenvalue weighted by Crippen LogP contribution is 2.47. The average molecular weight is 167 g/mol. The Kier molecular flexibility index (Phi) is 1.77. The van der Waals surface area contributed by atoms with Crippen molar-refractivity contribution in [2.45, 2.75) is 25.4 Å². The Morgan fingerprint density at radius 1 is 1.50 bits per heavy atom. The number of hydrogen-bond acceptors (Lipinski definition) is 2. The summed E-state index contributed by atoms with van der Waals surface area (Å²) in [5.41, 5.74) is 4.90. The second kappa shape index (κ2) is 2.57. The zero-order valence-corrected chi connectivity index (χ0v) is 7.53. The molecule has 0 amide bonds. The minimum atomic E-state index is -0.649. The van der Waals surface area contributed by atoms with Crippen LogP contribution in [0, 0.1) is 17.8 Å². The maximum absolute atomic E-state index is 9.99. The van der Waals surface area contributed by atoms with Crippen molar-refractivity contribution in [3.63, 3.8) is 0 Å². The second-order valence-electron chi connectivity index (χ2n) is 4.45. The fourth-order valence-corrected chi connectivity index (χ4v) is 2.65. The Balaban J connectivity index is 2.12. The third kappa shape index (κ3) is 1.10. The van der Waals surface area contributed by atoms with E-state index in [9.17, 15) is 5.11 Å². The minimum Gasteiger partial charge on any atom is -0.389 e. The zero-order valence-electron chi connectivity index (χ0n) is 7.53. The quantitative estimate of drug-likeness (QED) is 0.600. The first-order chi connectivity index (χ1) is 5.63. The van der Waals surface area contributed by atoms with Gasteiger partial charge in [-0.15, -0.1) is 0 Å². The number of allylic oxidation sites excluding steroid dienone is 2. The van der Waals surface area contributed by atoms with Gasteiger partial charge in [0.2, 0.25) is 0 Å². The highest BCUT2D eigenvalue weighted by Gasteiger charge is 2.44. The molecule has 0 aromatic rings. The summed E-state index contributed by atoms with van der Waals surface area (Å²) in [5, 5.41) is 9.99. The Hall–Kier alpha value is -0.340. The lowest BCUT2D eigenvalue weighted by molar-refractivity contribution is -0.00341. The molecule has 68 valence electrons. The van der Waals surface area contributed by atoms with Gasteiger partial charge in [-0.05, 0) is 37.5 Å². The van der Waals surface area contributed by atoms with Crippen molar-refractivity contribution in [2.75, 3.05) is 6.54 Å². The van der Waals surface area contributed by atoms with Crippen LogP contribution in [-0.2, 0) is 0 Å². The largest absolute Gasteiger partial charge is 0.389 e. The van der Waals surface area contributed by atoms with Crippen molar-refractivity contribution in [1.29, 1.82) is 0 Å². The highest BCUT2D eigenvalue weighted by atomic mass is 16.3. The van der Waals surface area contributed by atoms with Gasteiger partial charge in [0.05, 0.1) is 5.60 Å². The first-order valence-corrected chi connectivity index (χ1v) is 4.74. The molecule has 4 atom stereocenters. The predicted molar refractivity (Wildman–Crippen MR) is 48.5 cm³/mol. The standard InChI is InChI=1S/C10H17NO/c1-10(12,6-11)9-5-7-2-3-8(9)4-7/h2-3,7-9,12H,4-6,11H2,1H3. The van der Waals surface area contributed by atoms with Crippen LogP contribution in [0.4, 0.5) is 0 Å². The molecule has 0 aromatic carbocycles. The number of nitrogens with two attached hydrogens (primary N) is 1. The van der Waals surface area contributed by atoms with Crippen LogP contribution in [0.1, 0.15) is 19.8 Å².